The Morgan fingerprint density at radius 3 is 2.50 bits per heavy atom. The summed E-state index contributed by atoms with van der Waals surface area (Å²) in [6.45, 7) is 1.88. The Hall–Kier alpha value is -2.60. The molecule has 0 aliphatic carbocycles. The molecule has 0 aliphatic rings. The van der Waals surface area contributed by atoms with E-state index in [9.17, 15) is 8.42 Å². The second-order valence-electron chi connectivity index (χ2n) is 4.68. The van der Waals surface area contributed by atoms with Crippen molar-refractivity contribution in [2.75, 3.05) is 0 Å². The molecule has 0 aliphatic heterocycles. The molecule has 5 nitrogen and oxygen atoms in total. The van der Waals surface area contributed by atoms with Crippen LogP contribution >= 0.6 is 0 Å². The topological polar surface area (TPSA) is 69.4 Å². The summed E-state index contributed by atoms with van der Waals surface area (Å²) in [6, 6.07) is 13.0. The zero-order chi connectivity index (χ0) is 15.6. The van der Waals surface area contributed by atoms with Gasteiger partial charge in [0.05, 0.1) is 6.26 Å². The standard InChI is InChI=1S/C16H13NO4S/c1-12-6-8-13(9-7-12)22(18,19)21-15-4-2-10-17-16(15)14-5-3-11-20-14/h2-11H,1H3. The highest BCUT2D eigenvalue weighted by molar-refractivity contribution is 7.87. The van der Waals surface area contributed by atoms with Crippen LogP contribution in [0, 0.1) is 6.92 Å². The van der Waals surface area contributed by atoms with Gasteiger partial charge in [0.2, 0.25) is 0 Å². The minimum Gasteiger partial charge on any atom is -0.463 e. The first kappa shape index (κ1) is 14.3. The highest BCUT2D eigenvalue weighted by atomic mass is 32.2. The monoisotopic (exact) mass is 315 g/mol. The van der Waals surface area contributed by atoms with Crippen molar-refractivity contribution in [3.05, 3.63) is 66.6 Å². The third-order valence-electron chi connectivity index (χ3n) is 3.03. The Morgan fingerprint density at radius 1 is 1.05 bits per heavy atom. The molecule has 0 radical (unpaired) electrons. The summed E-state index contributed by atoms with van der Waals surface area (Å²) in [5.41, 5.74) is 1.31. The van der Waals surface area contributed by atoms with Gasteiger partial charge in [0.25, 0.3) is 0 Å². The van der Waals surface area contributed by atoms with E-state index < -0.39 is 10.1 Å². The molecular formula is C16H13NO4S. The van der Waals surface area contributed by atoms with E-state index >= 15 is 0 Å². The lowest BCUT2D eigenvalue weighted by Crippen LogP contribution is -2.10. The maximum atomic E-state index is 12.4. The van der Waals surface area contributed by atoms with Gasteiger partial charge in [0.1, 0.15) is 10.6 Å². The summed E-state index contributed by atoms with van der Waals surface area (Å²) in [4.78, 5) is 4.22. The Morgan fingerprint density at radius 2 is 1.82 bits per heavy atom. The minimum atomic E-state index is -3.93. The second-order valence-corrected chi connectivity index (χ2v) is 6.22. The Bertz CT molecular complexity index is 869. The Labute approximate surface area is 128 Å². The Balaban J connectivity index is 1.98. The molecule has 0 unspecified atom stereocenters. The molecule has 6 heteroatoms. The molecule has 0 fully saturated rings. The van der Waals surface area contributed by atoms with Gasteiger partial charge < -0.3 is 8.60 Å². The van der Waals surface area contributed by atoms with Crippen LogP contribution in [0.15, 0.2) is 70.3 Å². The van der Waals surface area contributed by atoms with Gasteiger partial charge in [-0.15, -0.1) is 0 Å². The van der Waals surface area contributed by atoms with Crippen LogP contribution < -0.4 is 4.18 Å². The summed E-state index contributed by atoms with van der Waals surface area (Å²) < 4.78 is 35.2. The zero-order valence-electron chi connectivity index (χ0n) is 11.8. The largest absolute Gasteiger partial charge is 0.463 e. The van der Waals surface area contributed by atoms with E-state index in [1.165, 1.54) is 24.5 Å². The van der Waals surface area contributed by atoms with Gasteiger partial charge in [0, 0.05) is 6.20 Å². The van der Waals surface area contributed by atoms with Gasteiger partial charge in [-0.2, -0.15) is 8.42 Å². The average molecular weight is 315 g/mol. The summed E-state index contributed by atoms with van der Waals surface area (Å²) >= 11 is 0. The third kappa shape index (κ3) is 2.87. The van der Waals surface area contributed by atoms with Crippen molar-refractivity contribution >= 4 is 10.1 Å². The zero-order valence-corrected chi connectivity index (χ0v) is 12.6. The summed E-state index contributed by atoms with van der Waals surface area (Å²) in [5, 5.41) is 0. The molecule has 112 valence electrons. The number of furan rings is 1. The molecule has 0 spiro atoms. The SMILES string of the molecule is Cc1ccc(S(=O)(=O)Oc2cccnc2-c2ccco2)cc1. The van der Waals surface area contributed by atoms with Crippen LogP contribution in [0.2, 0.25) is 0 Å². The summed E-state index contributed by atoms with van der Waals surface area (Å²) in [7, 11) is -3.93. The van der Waals surface area contributed by atoms with Crippen LogP contribution in [0.25, 0.3) is 11.5 Å². The molecule has 0 saturated carbocycles. The fourth-order valence-corrected chi connectivity index (χ4v) is 2.86. The van der Waals surface area contributed by atoms with Crippen LogP contribution in [-0.4, -0.2) is 13.4 Å². The highest BCUT2D eigenvalue weighted by Crippen LogP contribution is 2.30. The number of aromatic nitrogens is 1. The molecule has 0 amide bonds. The van der Waals surface area contributed by atoms with Crippen molar-refractivity contribution in [1.29, 1.82) is 0 Å². The lowest BCUT2D eigenvalue weighted by atomic mass is 10.2. The summed E-state index contributed by atoms with van der Waals surface area (Å²) in [5.74, 6) is 0.563. The second kappa shape index (κ2) is 5.65. The fraction of sp³-hybridized carbons (Fsp3) is 0.0625. The molecule has 22 heavy (non-hydrogen) atoms. The van der Waals surface area contributed by atoms with E-state index in [0.717, 1.165) is 5.56 Å². The number of nitrogens with zero attached hydrogens (tertiary/aromatic N) is 1. The number of hydrogen-bond donors (Lipinski definition) is 0. The van der Waals surface area contributed by atoms with Crippen molar-refractivity contribution in [2.45, 2.75) is 11.8 Å². The van der Waals surface area contributed by atoms with Gasteiger partial charge >= 0.3 is 10.1 Å². The van der Waals surface area contributed by atoms with Gasteiger partial charge in [-0.25, -0.2) is 4.98 Å². The third-order valence-corrected chi connectivity index (χ3v) is 4.28. The van der Waals surface area contributed by atoms with Crippen LogP contribution in [-0.2, 0) is 10.1 Å². The van der Waals surface area contributed by atoms with E-state index in [4.69, 9.17) is 8.60 Å². The van der Waals surface area contributed by atoms with Crippen LogP contribution in [0.5, 0.6) is 5.75 Å². The smallest absolute Gasteiger partial charge is 0.339 e. The average Bonchev–Trinajstić information content (AvgIpc) is 3.02. The van der Waals surface area contributed by atoms with Crippen molar-refractivity contribution in [1.82, 2.24) is 4.98 Å². The Kier molecular flexibility index (Phi) is 3.68. The van der Waals surface area contributed by atoms with Crippen molar-refractivity contribution < 1.29 is 17.0 Å². The lowest BCUT2D eigenvalue weighted by molar-refractivity contribution is 0.484. The van der Waals surface area contributed by atoms with Crippen molar-refractivity contribution in [3.63, 3.8) is 0 Å². The van der Waals surface area contributed by atoms with Gasteiger partial charge in [-0.1, -0.05) is 17.7 Å². The minimum absolute atomic E-state index is 0.0901. The van der Waals surface area contributed by atoms with Crippen LogP contribution in [0.4, 0.5) is 0 Å². The quantitative estimate of drug-likeness (QED) is 0.690. The van der Waals surface area contributed by atoms with Gasteiger partial charge in [-0.05, 0) is 43.3 Å². The molecule has 0 bridgehead atoms. The number of pyridine rings is 1. The molecule has 0 N–H and O–H groups in total. The maximum Gasteiger partial charge on any atom is 0.339 e. The van der Waals surface area contributed by atoms with E-state index in [1.54, 1.807) is 36.5 Å². The predicted molar refractivity (Wildman–Crippen MR) is 80.9 cm³/mol. The highest BCUT2D eigenvalue weighted by Gasteiger charge is 2.20. The van der Waals surface area contributed by atoms with Gasteiger partial charge in [-0.3, -0.25) is 0 Å². The number of rotatable bonds is 4. The molecule has 2 aromatic heterocycles. The first-order chi connectivity index (χ1) is 10.6. The van der Waals surface area contributed by atoms with E-state index in [-0.39, 0.29) is 10.6 Å². The molecular weight excluding hydrogens is 302 g/mol. The van der Waals surface area contributed by atoms with E-state index in [2.05, 4.69) is 4.98 Å². The molecule has 1 aromatic carbocycles. The van der Waals surface area contributed by atoms with Crippen molar-refractivity contribution in [2.24, 2.45) is 0 Å². The molecule has 0 saturated heterocycles. The molecule has 3 rings (SSSR count). The number of hydrogen-bond acceptors (Lipinski definition) is 5. The van der Waals surface area contributed by atoms with Gasteiger partial charge in [0.15, 0.2) is 11.5 Å². The summed E-state index contributed by atoms with van der Waals surface area (Å²) in [6.07, 6.45) is 3.03. The van der Waals surface area contributed by atoms with E-state index in [0.29, 0.717) is 11.5 Å². The van der Waals surface area contributed by atoms with Crippen LogP contribution in [0.3, 0.4) is 0 Å². The molecule has 2 heterocycles. The molecule has 0 atom stereocenters. The number of aryl methyl sites for hydroxylation is 1. The van der Waals surface area contributed by atoms with E-state index in [1.807, 2.05) is 6.92 Å². The maximum absolute atomic E-state index is 12.4. The predicted octanol–water partition coefficient (Wildman–Crippen LogP) is 3.42. The molecule has 3 aromatic rings. The number of benzene rings is 1. The lowest BCUT2D eigenvalue weighted by Gasteiger charge is -2.09. The van der Waals surface area contributed by atoms with Crippen molar-refractivity contribution in [3.8, 4) is 17.2 Å². The van der Waals surface area contributed by atoms with Crippen LogP contribution in [0.1, 0.15) is 5.56 Å². The normalized spacial score (nSPS) is 11.3. The first-order valence-corrected chi connectivity index (χ1v) is 7.97. The fourth-order valence-electron chi connectivity index (χ4n) is 1.93. The first-order valence-electron chi connectivity index (χ1n) is 6.56.